The molecule has 0 saturated heterocycles. The van der Waals surface area contributed by atoms with Crippen LogP contribution in [0.3, 0.4) is 0 Å². The summed E-state index contributed by atoms with van der Waals surface area (Å²) in [7, 11) is 1.29. The summed E-state index contributed by atoms with van der Waals surface area (Å²) in [6.45, 7) is 0.421. The van der Waals surface area contributed by atoms with Gasteiger partial charge in [-0.05, 0) is 37.1 Å². The first-order valence-electron chi connectivity index (χ1n) is 8.83. The molecule has 6 heteroatoms. The summed E-state index contributed by atoms with van der Waals surface area (Å²) in [4.78, 5) is 38.4. The van der Waals surface area contributed by atoms with Crippen LogP contribution in [-0.2, 0) is 9.53 Å². The number of fused-ring (bicyclic) bond motifs is 1. The normalized spacial score (nSPS) is 14.0. The van der Waals surface area contributed by atoms with Crippen LogP contribution < -0.4 is 4.74 Å². The Kier molecular flexibility index (Phi) is 5.86. The van der Waals surface area contributed by atoms with Crippen molar-refractivity contribution in [2.24, 2.45) is 0 Å². The number of hydrogen-bond acceptors (Lipinski definition) is 5. The molecule has 2 aromatic rings. The molecule has 1 atom stereocenters. The van der Waals surface area contributed by atoms with Crippen molar-refractivity contribution in [3.05, 3.63) is 65.7 Å². The predicted octanol–water partition coefficient (Wildman–Crippen LogP) is 3.07. The second-order valence-corrected chi connectivity index (χ2v) is 6.26. The molecule has 140 valence electrons. The van der Waals surface area contributed by atoms with Crippen molar-refractivity contribution in [3.8, 4) is 5.75 Å². The first kappa shape index (κ1) is 18.6. The first-order chi connectivity index (χ1) is 13.1. The standard InChI is InChI=1S/C21H21NO5/c1-26-19(23)14-15(8-7-13-27-16-9-3-2-4-10-16)22-20(24)17-11-5-6-12-18(17)21(22)25/h2-6,9-12,15H,7-8,13-14H2,1H3. The largest absolute Gasteiger partial charge is 0.494 e. The van der Waals surface area contributed by atoms with E-state index in [0.717, 1.165) is 5.75 Å². The molecule has 1 aliphatic rings. The van der Waals surface area contributed by atoms with Crippen molar-refractivity contribution in [3.63, 3.8) is 0 Å². The topological polar surface area (TPSA) is 72.9 Å². The molecule has 2 aromatic carbocycles. The first-order valence-corrected chi connectivity index (χ1v) is 8.83. The SMILES string of the molecule is COC(=O)CC(CCCOc1ccccc1)N1C(=O)c2ccccc2C1=O. The van der Waals surface area contributed by atoms with E-state index in [1.165, 1.54) is 12.0 Å². The van der Waals surface area contributed by atoms with E-state index in [9.17, 15) is 14.4 Å². The molecule has 0 aliphatic carbocycles. The minimum absolute atomic E-state index is 0.0344. The van der Waals surface area contributed by atoms with Crippen molar-refractivity contribution in [2.45, 2.75) is 25.3 Å². The number of benzene rings is 2. The van der Waals surface area contributed by atoms with Crippen LogP contribution in [-0.4, -0.2) is 42.4 Å². The third kappa shape index (κ3) is 4.16. The molecule has 3 rings (SSSR count). The van der Waals surface area contributed by atoms with Gasteiger partial charge in [0.1, 0.15) is 5.75 Å². The number of carbonyl (C=O) groups excluding carboxylic acids is 3. The average molecular weight is 367 g/mol. The number of imide groups is 1. The Hall–Kier alpha value is -3.15. The number of carbonyl (C=O) groups is 3. The second kappa shape index (κ2) is 8.49. The van der Waals surface area contributed by atoms with E-state index < -0.39 is 12.0 Å². The molecule has 0 aromatic heterocycles. The lowest BCUT2D eigenvalue weighted by Gasteiger charge is -2.25. The van der Waals surface area contributed by atoms with Crippen molar-refractivity contribution < 1.29 is 23.9 Å². The number of ether oxygens (including phenoxy) is 2. The molecular weight excluding hydrogens is 346 g/mol. The summed E-state index contributed by atoms with van der Waals surface area (Å²) in [5.41, 5.74) is 0.746. The Morgan fingerprint density at radius 1 is 0.963 bits per heavy atom. The maximum atomic E-state index is 12.7. The number of amides is 2. The third-order valence-corrected chi connectivity index (χ3v) is 4.51. The molecule has 6 nitrogen and oxygen atoms in total. The molecule has 0 fully saturated rings. The van der Waals surface area contributed by atoms with Crippen molar-refractivity contribution in [1.29, 1.82) is 0 Å². The van der Waals surface area contributed by atoms with E-state index in [0.29, 0.717) is 30.6 Å². The van der Waals surface area contributed by atoms with Gasteiger partial charge in [-0.1, -0.05) is 30.3 Å². The van der Waals surface area contributed by atoms with Crippen molar-refractivity contribution in [1.82, 2.24) is 4.90 Å². The Morgan fingerprint density at radius 3 is 2.15 bits per heavy atom. The lowest BCUT2D eigenvalue weighted by molar-refractivity contribution is -0.141. The zero-order chi connectivity index (χ0) is 19.2. The number of hydrogen-bond donors (Lipinski definition) is 0. The van der Waals surface area contributed by atoms with Gasteiger partial charge < -0.3 is 9.47 Å². The minimum atomic E-state index is -0.566. The van der Waals surface area contributed by atoms with Gasteiger partial charge in [0.25, 0.3) is 11.8 Å². The molecule has 2 amide bonds. The maximum absolute atomic E-state index is 12.7. The van der Waals surface area contributed by atoms with Gasteiger partial charge in [-0.3, -0.25) is 19.3 Å². The monoisotopic (exact) mass is 367 g/mol. The molecule has 0 bridgehead atoms. The zero-order valence-corrected chi connectivity index (χ0v) is 15.1. The zero-order valence-electron chi connectivity index (χ0n) is 15.1. The number of rotatable bonds is 8. The molecule has 1 unspecified atom stereocenters. The van der Waals surface area contributed by atoms with E-state index in [4.69, 9.17) is 9.47 Å². The molecule has 0 N–H and O–H groups in total. The Bertz CT molecular complexity index is 798. The summed E-state index contributed by atoms with van der Waals surface area (Å²) >= 11 is 0. The molecule has 1 heterocycles. The molecular formula is C21H21NO5. The fourth-order valence-electron chi connectivity index (χ4n) is 3.16. The van der Waals surface area contributed by atoms with E-state index in [-0.39, 0.29) is 18.2 Å². The predicted molar refractivity (Wildman–Crippen MR) is 98.5 cm³/mol. The van der Waals surface area contributed by atoms with E-state index >= 15 is 0 Å². The molecule has 27 heavy (non-hydrogen) atoms. The highest BCUT2D eigenvalue weighted by molar-refractivity contribution is 6.21. The van der Waals surface area contributed by atoms with Gasteiger partial charge in [0.05, 0.1) is 37.3 Å². The average Bonchev–Trinajstić information content (AvgIpc) is 2.96. The maximum Gasteiger partial charge on any atom is 0.307 e. The Balaban J connectivity index is 1.67. The summed E-state index contributed by atoms with van der Waals surface area (Å²) in [5.74, 6) is -0.440. The van der Waals surface area contributed by atoms with Gasteiger partial charge >= 0.3 is 5.97 Å². The van der Waals surface area contributed by atoms with Gasteiger partial charge in [0.2, 0.25) is 0 Å². The van der Waals surface area contributed by atoms with Gasteiger partial charge in [-0.2, -0.15) is 0 Å². The molecule has 0 saturated carbocycles. The van der Waals surface area contributed by atoms with Gasteiger partial charge in [0.15, 0.2) is 0 Å². The van der Waals surface area contributed by atoms with Gasteiger partial charge in [-0.15, -0.1) is 0 Å². The summed E-state index contributed by atoms with van der Waals surface area (Å²) in [5, 5.41) is 0. The van der Waals surface area contributed by atoms with Crippen LogP contribution in [0, 0.1) is 0 Å². The smallest absolute Gasteiger partial charge is 0.307 e. The Labute approximate surface area is 157 Å². The molecule has 0 radical (unpaired) electrons. The molecule has 1 aliphatic heterocycles. The van der Waals surface area contributed by atoms with Crippen molar-refractivity contribution >= 4 is 17.8 Å². The van der Waals surface area contributed by atoms with Gasteiger partial charge in [-0.25, -0.2) is 0 Å². The van der Waals surface area contributed by atoms with E-state index in [2.05, 4.69) is 0 Å². The third-order valence-electron chi connectivity index (χ3n) is 4.51. The molecule has 0 spiro atoms. The number of esters is 1. The van der Waals surface area contributed by atoms with E-state index in [1.54, 1.807) is 24.3 Å². The second-order valence-electron chi connectivity index (χ2n) is 6.26. The van der Waals surface area contributed by atoms with E-state index in [1.807, 2.05) is 30.3 Å². The lowest BCUT2D eigenvalue weighted by atomic mass is 10.1. The highest BCUT2D eigenvalue weighted by Gasteiger charge is 2.40. The van der Waals surface area contributed by atoms with Crippen LogP contribution in [0.4, 0.5) is 0 Å². The van der Waals surface area contributed by atoms with Crippen LogP contribution >= 0.6 is 0 Å². The van der Waals surface area contributed by atoms with Crippen LogP contribution in [0.2, 0.25) is 0 Å². The highest BCUT2D eigenvalue weighted by atomic mass is 16.5. The van der Waals surface area contributed by atoms with Crippen LogP contribution in [0.15, 0.2) is 54.6 Å². The number of methoxy groups -OCH3 is 1. The minimum Gasteiger partial charge on any atom is -0.494 e. The number of nitrogens with zero attached hydrogens (tertiary/aromatic N) is 1. The highest BCUT2D eigenvalue weighted by Crippen LogP contribution is 2.27. The van der Waals surface area contributed by atoms with Crippen LogP contribution in [0.5, 0.6) is 5.75 Å². The quantitative estimate of drug-likeness (QED) is 0.407. The van der Waals surface area contributed by atoms with Crippen LogP contribution in [0.1, 0.15) is 40.0 Å². The summed E-state index contributed by atoms with van der Waals surface area (Å²) in [6.07, 6.45) is 1.00. The van der Waals surface area contributed by atoms with Crippen molar-refractivity contribution in [2.75, 3.05) is 13.7 Å². The fourth-order valence-corrected chi connectivity index (χ4v) is 3.16. The Morgan fingerprint density at radius 2 is 1.56 bits per heavy atom. The summed E-state index contributed by atoms with van der Waals surface area (Å²) in [6, 6.07) is 15.5. The lowest BCUT2D eigenvalue weighted by Crippen LogP contribution is -2.41. The summed E-state index contributed by atoms with van der Waals surface area (Å²) < 4.78 is 10.4. The number of para-hydroxylation sites is 1. The fraction of sp³-hybridized carbons (Fsp3) is 0.286. The van der Waals surface area contributed by atoms with Crippen LogP contribution in [0.25, 0.3) is 0 Å². The van der Waals surface area contributed by atoms with Gasteiger partial charge in [0, 0.05) is 0 Å².